The molecule has 0 bridgehead atoms. The summed E-state index contributed by atoms with van der Waals surface area (Å²) in [5.74, 6) is 0. The van der Waals surface area contributed by atoms with Crippen LogP contribution in [0.4, 0.5) is 0 Å². The van der Waals surface area contributed by atoms with Crippen molar-refractivity contribution in [2.45, 2.75) is 52.4 Å². The first-order valence-corrected chi connectivity index (χ1v) is 8.47. The second kappa shape index (κ2) is 8.74. The Morgan fingerprint density at radius 1 is 0.731 bits per heavy atom. The standard InChI is InChI=1S/C23H27.2CH3.Hf/c1-22(2,3)18-13-17(14-19(15-18)23(4,5)6)21-12-8-10-16-9-7-11-20(16)21;;;/h7-15H,1-6H3;2*1H3;/q3*-1;. The third kappa shape index (κ3) is 5.00. The summed E-state index contributed by atoms with van der Waals surface area (Å²) in [6, 6.07) is 20.3. The van der Waals surface area contributed by atoms with Gasteiger partial charge in [0.15, 0.2) is 0 Å². The quantitative estimate of drug-likeness (QED) is 0.232. The second-order valence-electron chi connectivity index (χ2n) is 8.63. The first kappa shape index (κ1) is 24.9. The Balaban J connectivity index is 0.00000208. The molecular formula is C25H33Hf-3. The molecule has 3 aromatic carbocycles. The summed E-state index contributed by atoms with van der Waals surface area (Å²) in [5.41, 5.74) is 5.78. The van der Waals surface area contributed by atoms with Crippen LogP contribution in [0.5, 0.6) is 0 Å². The monoisotopic (exact) mass is 513 g/mol. The van der Waals surface area contributed by atoms with E-state index in [1.54, 1.807) is 0 Å². The van der Waals surface area contributed by atoms with Gasteiger partial charge in [-0.1, -0.05) is 71.4 Å². The van der Waals surface area contributed by atoms with Crippen LogP contribution in [0.3, 0.4) is 0 Å². The van der Waals surface area contributed by atoms with Crippen LogP contribution in [0.15, 0.2) is 54.6 Å². The molecule has 0 atom stereocenters. The van der Waals surface area contributed by atoms with Crippen molar-refractivity contribution in [2.75, 3.05) is 0 Å². The van der Waals surface area contributed by atoms with E-state index in [1.165, 1.54) is 33.0 Å². The van der Waals surface area contributed by atoms with Crippen LogP contribution in [-0.2, 0) is 36.7 Å². The average Bonchev–Trinajstić information content (AvgIpc) is 2.93. The zero-order chi connectivity index (χ0) is 16.8. The summed E-state index contributed by atoms with van der Waals surface area (Å²) in [4.78, 5) is 0. The van der Waals surface area contributed by atoms with Crippen molar-refractivity contribution in [1.82, 2.24) is 0 Å². The Morgan fingerprint density at radius 3 is 1.77 bits per heavy atom. The summed E-state index contributed by atoms with van der Waals surface area (Å²) >= 11 is 0. The zero-order valence-corrected chi connectivity index (χ0v) is 21.3. The van der Waals surface area contributed by atoms with Gasteiger partial charge in [-0.25, -0.2) is 0 Å². The van der Waals surface area contributed by atoms with Gasteiger partial charge in [-0.15, -0.1) is 29.0 Å². The minimum atomic E-state index is 0. The van der Waals surface area contributed by atoms with Gasteiger partial charge < -0.3 is 14.9 Å². The van der Waals surface area contributed by atoms with Crippen LogP contribution in [0.25, 0.3) is 21.9 Å². The summed E-state index contributed by atoms with van der Waals surface area (Å²) in [7, 11) is 0. The Labute approximate surface area is 180 Å². The molecule has 0 nitrogen and oxygen atoms in total. The van der Waals surface area contributed by atoms with Crippen molar-refractivity contribution in [3.05, 3.63) is 80.6 Å². The normalized spacial score (nSPS) is 11.3. The Morgan fingerprint density at radius 2 is 1.27 bits per heavy atom. The molecule has 0 saturated heterocycles. The topological polar surface area (TPSA) is 0 Å². The fourth-order valence-corrected chi connectivity index (χ4v) is 3.06. The molecule has 3 aromatic rings. The number of benzene rings is 2. The molecule has 0 unspecified atom stereocenters. The van der Waals surface area contributed by atoms with Crippen molar-refractivity contribution in [3.8, 4) is 11.1 Å². The van der Waals surface area contributed by atoms with Crippen LogP contribution in [0.1, 0.15) is 52.7 Å². The van der Waals surface area contributed by atoms with Crippen LogP contribution >= 0.6 is 0 Å². The third-order valence-corrected chi connectivity index (χ3v) is 4.65. The predicted octanol–water partition coefficient (Wildman–Crippen LogP) is 7.72. The van der Waals surface area contributed by atoms with Crippen molar-refractivity contribution >= 4 is 10.8 Å². The van der Waals surface area contributed by atoms with Gasteiger partial charge in [0.25, 0.3) is 0 Å². The molecule has 0 aliphatic rings. The molecule has 0 N–H and O–H groups in total. The van der Waals surface area contributed by atoms with Crippen LogP contribution in [0, 0.1) is 14.9 Å². The minimum absolute atomic E-state index is 0. The van der Waals surface area contributed by atoms with E-state index in [2.05, 4.69) is 96.1 Å². The van der Waals surface area contributed by atoms with Gasteiger partial charge in [0.1, 0.15) is 0 Å². The summed E-state index contributed by atoms with van der Waals surface area (Å²) in [6.45, 7) is 13.8. The van der Waals surface area contributed by atoms with Gasteiger partial charge >= 0.3 is 0 Å². The number of hydrogen-bond donors (Lipinski definition) is 0. The fourth-order valence-electron chi connectivity index (χ4n) is 3.06. The Hall–Kier alpha value is -1.08. The molecule has 0 heterocycles. The van der Waals surface area contributed by atoms with Crippen LogP contribution in [0.2, 0.25) is 0 Å². The number of fused-ring (bicyclic) bond motifs is 1. The molecule has 0 saturated carbocycles. The summed E-state index contributed by atoms with van der Waals surface area (Å²) in [6.07, 6.45) is 0. The van der Waals surface area contributed by atoms with Crippen LogP contribution < -0.4 is 0 Å². The van der Waals surface area contributed by atoms with Gasteiger partial charge in [-0.05, 0) is 27.5 Å². The van der Waals surface area contributed by atoms with E-state index in [1.807, 2.05) is 0 Å². The molecule has 3 rings (SSSR count). The number of rotatable bonds is 1. The van der Waals surface area contributed by atoms with Gasteiger partial charge in [0.05, 0.1) is 0 Å². The van der Waals surface area contributed by atoms with E-state index in [4.69, 9.17) is 0 Å². The Bertz CT molecular complexity index is 806. The Kier molecular flexibility index (Phi) is 8.38. The fraction of sp³-hybridized carbons (Fsp3) is 0.320. The SMILES string of the molecule is CC(C)(C)c1cc(-c2cccc3[cH-]ccc23)cc(C(C)(C)C)c1.[CH3-].[CH3-].[Hf]. The first-order valence-electron chi connectivity index (χ1n) is 8.47. The van der Waals surface area contributed by atoms with Crippen LogP contribution in [-0.4, -0.2) is 0 Å². The molecule has 0 aliphatic carbocycles. The maximum Gasteiger partial charge on any atom is 0 e. The van der Waals surface area contributed by atoms with Crippen molar-refractivity contribution < 1.29 is 25.8 Å². The summed E-state index contributed by atoms with van der Waals surface area (Å²) < 4.78 is 0. The molecule has 0 spiro atoms. The number of hydrogen-bond acceptors (Lipinski definition) is 0. The first-order chi connectivity index (χ1) is 10.7. The smallest absolute Gasteiger partial charge is 0 e. The maximum atomic E-state index is 2.38. The van der Waals surface area contributed by atoms with E-state index in [-0.39, 0.29) is 51.5 Å². The van der Waals surface area contributed by atoms with Crippen molar-refractivity contribution in [3.63, 3.8) is 0 Å². The average molecular weight is 512 g/mol. The van der Waals surface area contributed by atoms with Gasteiger partial charge in [-0.2, -0.15) is 12.1 Å². The van der Waals surface area contributed by atoms with Crippen molar-refractivity contribution in [2.24, 2.45) is 0 Å². The van der Waals surface area contributed by atoms with Gasteiger partial charge in [-0.3, -0.25) is 0 Å². The van der Waals surface area contributed by atoms with E-state index >= 15 is 0 Å². The molecule has 1 heteroatoms. The predicted molar refractivity (Wildman–Crippen MR) is 115 cm³/mol. The molecule has 0 aliphatic heterocycles. The molecule has 140 valence electrons. The molecule has 0 fully saturated rings. The van der Waals surface area contributed by atoms with Gasteiger partial charge in [0.2, 0.25) is 0 Å². The third-order valence-electron chi connectivity index (χ3n) is 4.65. The summed E-state index contributed by atoms with van der Waals surface area (Å²) in [5, 5.41) is 2.67. The van der Waals surface area contributed by atoms with Gasteiger partial charge in [0, 0.05) is 25.8 Å². The minimum Gasteiger partial charge on any atom is -0.358 e. The van der Waals surface area contributed by atoms with E-state index < -0.39 is 0 Å². The van der Waals surface area contributed by atoms with E-state index in [9.17, 15) is 0 Å². The largest absolute Gasteiger partial charge is 0.358 e. The molecule has 0 amide bonds. The molecule has 0 aromatic heterocycles. The van der Waals surface area contributed by atoms with Crippen molar-refractivity contribution in [1.29, 1.82) is 0 Å². The maximum absolute atomic E-state index is 2.38. The van der Waals surface area contributed by atoms with E-state index in [0.717, 1.165) is 0 Å². The molecule has 26 heavy (non-hydrogen) atoms. The van der Waals surface area contributed by atoms with E-state index in [0.29, 0.717) is 0 Å². The molecular weight excluding hydrogens is 479 g/mol. The molecule has 0 radical (unpaired) electrons. The second-order valence-corrected chi connectivity index (χ2v) is 8.63. The zero-order valence-electron chi connectivity index (χ0n) is 17.7.